The third kappa shape index (κ3) is 4.30. The van der Waals surface area contributed by atoms with Gasteiger partial charge in [-0.3, -0.25) is 9.59 Å². The van der Waals surface area contributed by atoms with Crippen molar-refractivity contribution in [2.75, 3.05) is 7.05 Å². The Morgan fingerprint density at radius 1 is 0.882 bits per heavy atom. The zero-order valence-corrected chi connectivity index (χ0v) is 18.8. The van der Waals surface area contributed by atoms with E-state index < -0.39 is 0 Å². The van der Waals surface area contributed by atoms with Crippen LogP contribution in [0.1, 0.15) is 27.2 Å². The SMILES string of the molecule is CNC(=O)c1ccc(CN(Cc2ccco2)C(=O)Cc2coc3ccc4ccccc4c23)cc1. The maximum absolute atomic E-state index is 13.5. The van der Waals surface area contributed by atoms with Gasteiger partial charge < -0.3 is 19.1 Å². The zero-order valence-electron chi connectivity index (χ0n) is 18.8. The molecule has 0 saturated carbocycles. The summed E-state index contributed by atoms with van der Waals surface area (Å²) >= 11 is 0. The first-order valence-corrected chi connectivity index (χ1v) is 11.1. The van der Waals surface area contributed by atoms with Crippen LogP contribution in [-0.2, 0) is 24.3 Å². The van der Waals surface area contributed by atoms with Crippen LogP contribution >= 0.6 is 0 Å². The van der Waals surface area contributed by atoms with E-state index in [2.05, 4.69) is 17.4 Å². The number of furan rings is 2. The van der Waals surface area contributed by atoms with Crippen molar-refractivity contribution >= 4 is 33.6 Å². The van der Waals surface area contributed by atoms with Crippen LogP contribution < -0.4 is 5.32 Å². The van der Waals surface area contributed by atoms with Crippen LogP contribution in [0.15, 0.2) is 94.2 Å². The maximum atomic E-state index is 13.5. The fourth-order valence-electron chi connectivity index (χ4n) is 4.23. The predicted molar refractivity (Wildman–Crippen MR) is 130 cm³/mol. The Morgan fingerprint density at radius 3 is 2.47 bits per heavy atom. The second kappa shape index (κ2) is 9.27. The van der Waals surface area contributed by atoms with Gasteiger partial charge in [-0.05, 0) is 46.7 Å². The molecule has 3 aromatic carbocycles. The molecule has 2 aromatic heterocycles. The highest BCUT2D eigenvalue weighted by Crippen LogP contribution is 2.30. The van der Waals surface area contributed by atoms with E-state index in [1.54, 1.807) is 36.6 Å². The van der Waals surface area contributed by atoms with Gasteiger partial charge in [0.1, 0.15) is 11.3 Å². The Balaban J connectivity index is 1.43. The van der Waals surface area contributed by atoms with Crippen molar-refractivity contribution in [3.05, 3.63) is 108 Å². The molecule has 170 valence electrons. The lowest BCUT2D eigenvalue weighted by Gasteiger charge is -2.22. The Labute approximate surface area is 196 Å². The molecule has 5 rings (SSSR count). The monoisotopic (exact) mass is 452 g/mol. The minimum absolute atomic E-state index is 0.0394. The number of benzene rings is 3. The van der Waals surface area contributed by atoms with Gasteiger partial charge in [0, 0.05) is 30.1 Å². The summed E-state index contributed by atoms with van der Waals surface area (Å²) in [7, 11) is 1.60. The van der Waals surface area contributed by atoms with Crippen molar-refractivity contribution in [1.29, 1.82) is 0 Å². The van der Waals surface area contributed by atoms with Crippen LogP contribution in [-0.4, -0.2) is 23.8 Å². The quantitative estimate of drug-likeness (QED) is 0.363. The summed E-state index contributed by atoms with van der Waals surface area (Å²) in [6, 6.07) is 23.0. The number of hydrogen-bond donors (Lipinski definition) is 1. The smallest absolute Gasteiger partial charge is 0.251 e. The van der Waals surface area contributed by atoms with Crippen molar-refractivity contribution < 1.29 is 18.4 Å². The van der Waals surface area contributed by atoms with Gasteiger partial charge in [0.05, 0.1) is 25.5 Å². The topological polar surface area (TPSA) is 75.7 Å². The minimum atomic E-state index is -0.144. The molecule has 2 heterocycles. The molecule has 0 bridgehead atoms. The molecule has 2 amide bonds. The van der Waals surface area contributed by atoms with Crippen molar-refractivity contribution in [2.45, 2.75) is 19.5 Å². The molecule has 0 saturated heterocycles. The molecule has 5 aromatic rings. The van der Waals surface area contributed by atoms with Gasteiger partial charge in [-0.15, -0.1) is 0 Å². The molecule has 0 radical (unpaired) electrons. The Bertz CT molecular complexity index is 1450. The van der Waals surface area contributed by atoms with Gasteiger partial charge in [-0.25, -0.2) is 0 Å². The van der Waals surface area contributed by atoms with Crippen molar-refractivity contribution in [3.63, 3.8) is 0 Å². The molecule has 0 aliphatic heterocycles. The summed E-state index contributed by atoms with van der Waals surface area (Å²) in [5.74, 6) is 0.523. The van der Waals surface area contributed by atoms with E-state index in [1.807, 2.05) is 48.5 Å². The second-order valence-corrected chi connectivity index (χ2v) is 8.20. The van der Waals surface area contributed by atoms with Gasteiger partial charge in [0.25, 0.3) is 5.91 Å². The lowest BCUT2D eigenvalue weighted by atomic mass is 10.0. The van der Waals surface area contributed by atoms with E-state index in [4.69, 9.17) is 8.83 Å². The van der Waals surface area contributed by atoms with E-state index in [-0.39, 0.29) is 18.2 Å². The van der Waals surface area contributed by atoms with E-state index in [0.29, 0.717) is 24.4 Å². The highest BCUT2D eigenvalue weighted by molar-refractivity contribution is 6.08. The van der Waals surface area contributed by atoms with Gasteiger partial charge in [0.2, 0.25) is 5.91 Å². The van der Waals surface area contributed by atoms with Crippen LogP contribution in [0.5, 0.6) is 0 Å². The number of carbonyl (C=O) groups is 2. The fraction of sp³-hybridized carbons (Fsp3) is 0.143. The first-order chi connectivity index (χ1) is 16.6. The highest BCUT2D eigenvalue weighted by atomic mass is 16.3. The highest BCUT2D eigenvalue weighted by Gasteiger charge is 2.20. The summed E-state index contributed by atoms with van der Waals surface area (Å²) in [5, 5.41) is 5.76. The van der Waals surface area contributed by atoms with Crippen LogP contribution in [0, 0.1) is 0 Å². The zero-order chi connectivity index (χ0) is 23.5. The number of hydrogen-bond acceptors (Lipinski definition) is 4. The average molecular weight is 453 g/mol. The average Bonchev–Trinajstić information content (AvgIpc) is 3.54. The Kier molecular flexibility index (Phi) is 5.87. The number of nitrogens with zero attached hydrogens (tertiary/aromatic N) is 1. The normalized spacial score (nSPS) is 11.1. The van der Waals surface area contributed by atoms with Gasteiger partial charge in [0.15, 0.2) is 0 Å². The van der Waals surface area contributed by atoms with Gasteiger partial charge >= 0.3 is 0 Å². The summed E-state index contributed by atoms with van der Waals surface area (Å²) in [6.45, 7) is 0.740. The first-order valence-electron chi connectivity index (χ1n) is 11.1. The fourth-order valence-corrected chi connectivity index (χ4v) is 4.23. The van der Waals surface area contributed by atoms with Crippen LogP contribution in [0.3, 0.4) is 0 Å². The third-order valence-corrected chi connectivity index (χ3v) is 5.98. The maximum Gasteiger partial charge on any atom is 0.251 e. The molecular weight excluding hydrogens is 428 g/mol. The number of rotatable bonds is 7. The summed E-state index contributed by atoms with van der Waals surface area (Å²) < 4.78 is 11.3. The van der Waals surface area contributed by atoms with Crippen molar-refractivity contribution in [2.24, 2.45) is 0 Å². The molecule has 6 heteroatoms. The molecular formula is C28H24N2O4. The van der Waals surface area contributed by atoms with Gasteiger partial charge in [-0.1, -0.05) is 42.5 Å². The first kappa shape index (κ1) is 21.5. The molecule has 0 fully saturated rings. The number of nitrogens with one attached hydrogen (secondary N) is 1. The van der Waals surface area contributed by atoms with Crippen LogP contribution in [0.4, 0.5) is 0 Å². The second-order valence-electron chi connectivity index (χ2n) is 8.20. The summed E-state index contributed by atoms with van der Waals surface area (Å²) in [5.41, 5.74) is 3.13. The largest absolute Gasteiger partial charge is 0.467 e. The molecule has 0 aliphatic rings. The molecule has 0 aliphatic carbocycles. The summed E-state index contributed by atoms with van der Waals surface area (Å²) in [4.78, 5) is 27.1. The third-order valence-electron chi connectivity index (χ3n) is 5.98. The van der Waals surface area contributed by atoms with E-state index in [0.717, 1.165) is 32.9 Å². The lowest BCUT2D eigenvalue weighted by Crippen LogP contribution is -2.31. The van der Waals surface area contributed by atoms with Crippen LogP contribution in [0.2, 0.25) is 0 Å². The lowest BCUT2D eigenvalue weighted by molar-refractivity contribution is -0.132. The Hall–Kier alpha value is -4.32. The summed E-state index contributed by atoms with van der Waals surface area (Å²) in [6.07, 6.45) is 3.49. The van der Waals surface area contributed by atoms with Crippen molar-refractivity contribution in [3.8, 4) is 0 Å². The molecule has 0 unspecified atom stereocenters. The molecule has 6 nitrogen and oxygen atoms in total. The Morgan fingerprint density at radius 2 is 1.71 bits per heavy atom. The minimum Gasteiger partial charge on any atom is -0.467 e. The van der Waals surface area contributed by atoms with E-state index >= 15 is 0 Å². The molecule has 0 atom stereocenters. The van der Waals surface area contributed by atoms with Gasteiger partial charge in [-0.2, -0.15) is 0 Å². The molecule has 0 spiro atoms. The number of fused-ring (bicyclic) bond motifs is 3. The van der Waals surface area contributed by atoms with Crippen LogP contribution in [0.25, 0.3) is 21.7 Å². The predicted octanol–water partition coefficient (Wildman–Crippen LogP) is 5.31. The van der Waals surface area contributed by atoms with Crippen molar-refractivity contribution in [1.82, 2.24) is 10.2 Å². The standard InChI is InChI=1S/C28H24N2O4/c1-29-28(32)21-10-8-19(9-11-21)16-30(17-23-6-4-14-33-23)26(31)15-22-18-34-25-13-12-20-5-2-3-7-24(20)27(22)25/h2-14,18H,15-17H2,1H3,(H,29,32). The molecule has 1 N–H and O–H groups in total. The number of carbonyl (C=O) groups excluding carboxylic acids is 2. The molecule has 34 heavy (non-hydrogen) atoms. The van der Waals surface area contributed by atoms with E-state index in [9.17, 15) is 9.59 Å². The van der Waals surface area contributed by atoms with E-state index in [1.165, 1.54) is 0 Å². The number of amides is 2.